The zero-order valence-corrected chi connectivity index (χ0v) is 30.0. The molecule has 10 rings (SSSR count). The van der Waals surface area contributed by atoms with Crippen LogP contribution in [0.4, 0.5) is 0 Å². The highest BCUT2D eigenvalue weighted by atomic mass is 16.3. The molecule has 2 aliphatic heterocycles. The van der Waals surface area contributed by atoms with Crippen LogP contribution in [0.3, 0.4) is 0 Å². The fourth-order valence-corrected chi connectivity index (χ4v) is 8.84. The Balaban J connectivity index is 1.13. The summed E-state index contributed by atoms with van der Waals surface area (Å²) in [6.07, 6.45) is 0. The average Bonchev–Trinajstić information content (AvgIpc) is 3.61. The predicted octanol–water partition coefficient (Wildman–Crippen LogP) is 5.22. The lowest BCUT2D eigenvalue weighted by molar-refractivity contribution is 0.475. The Morgan fingerprint density at radius 2 is 0.909 bits per heavy atom. The number of nitriles is 1. The maximum Gasteiger partial charge on any atom is 0.239 e. The Morgan fingerprint density at radius 3 is 1.58 bits per heavy atom. The van der Waals surface area contributed by atoms with E-state index >= 15 is 0 Å². The first kappa shape index (κ1) is 32.7. The molecule has 2 heterocycles. The van der Waals surface area contributed by atoms with Gasteiger partial charge >= 0.3 is 0 Å². The molecule has 0 spiro atoms. The third kappa shape index (κ3) is 5.73. The molecule has 0 aliphatic carbocycles. The number of nitrogens with zero attached hydrogens (tertiary/aromatic N) is 1. The standard InChI is InChI=1S/C49H32B3NO2/c53-29-30-10-12-31(13-11-30)36-19-25-45-44(28-36)51-48-40(37-5-1-4-34(26-37)32-14-20-38(54)21-15-32)6-2-8-46(48)52(45)47-9-3-7-41-42-27-35(18-24-43(42)50-49(41)47)33-16-22-39(55)23-17-33/h1-28,50-51,54-55H. The highest BCUT2D eigenvalue weighted by molar-refractivity contribution is 7.06. The van der Waals surface area contributed by atoms with E-state index in [9.17, 15) is 15.5 Å². The number of rotatable bonds is 5. The van der Waals surface area contributed by atoms with Gasteiger partial charge in [0.05, 0.1) is 11.6 Å². The Bertz CT molecular complexity index is 2840. The maximum absolute atomic E-state index is 9.94. The van der Waals surface area contributed by atoms with E-state index in [0.717, 1.165) is 47.9 Å². The molecule has 0 saturated carbocycles. The molecule has 0 atom stereocenters. The number of benzene rings is 8. The Labute approximate surface area is 322 Å². The largest absolute Gasteiger partial charge is 0.508 e. The van der Waals surface area contributed by atoms with Crippen LogP contribution in [0, 0.1) is 11.3 Å². The summed E-state index contributed by atoms with van der Waals surface area (Å²) in [4.78, 5) is 0. The van der Waals surface area contributed by atoms with Gasteiger partial charge in [-0.15, -0.1) is 0 Å². The molecule has 55 heavy (non-hydrogen) atoms. The van der Waals surface area contributed by atoms with Crippen LogP contribution in [0.1, 0.15) is 5.56 Å². The van der Waals surface area contributed by atoms with E-state index in [2.05, 4.69) is 103 Å². The van der Waals surface area contributed by atoms with Crippen LogP contribution >= 0.6 is 0 Å². The van der Waals surface area contributed by atoms with Gasteiger partial charge < -0.3 is 10.2 Å². The molecule has 2 aliphatic rings. The van der Waals surface area contributed by atoms with E-state index in [0.29, 0.717) is 5.56 Å². The molecule has 0 saturated heterocycles. The molecular formula is C49H32B3NO2. The van der Waals surface area contributed by atoms with E-state index in [1.165, 1.54) is 60.5 Å². The number of hydrogen-bond donors (Lipinski definition) is 2. The molecule has 254 valence electrons. The summed E-state index contributed by atoms with van der Waals surface area (Å²) < 4.78 is 0. The second-order valence-electron chi connectivity index (χ2n) is 14.7. The number of aromatic hydroxyl groups is 2. The first-order valence-electron chi connectivity index (χ1n) is 18.7. The molecule has 6 heteroatoms. The van der Waals surface area contributed by atoms with E-state index in [1.807, 2.05) is 48.5 Å². The predicted molar refractivity (Wildman–Crippen MR) is 232 cm³/mol. The van der Waals surface area contributed by atoms with Crippen LogP contribution < -0.4 is 38.2 Å². The Hall–Kier alpha value is -6.96. The molecule has 2 N–H and O–H groups in total. The van der Waals surface area contributed by atoms with Crippen LogP contribution in [0.15, 0.2) is 170 Å². The van der Waals surface area contributed by atoms with E-state index < -0.39 is 0 Å². The second-order valence-corrected chi connectivity index (χ2v) is 14.7. The van der Waals surface area contributed by atoms with Crippen LogP contribution in [0.2, 0.25) is 0 Å². The lowest BCUT2D eigenvalue weighted by Gasteiger charge is -2.30. The summed E-state index contributed by atoms with van der Waals surface area (Å²) in [6.45, 7) is 0.0369. The van der Waals surface area contributed by atoms with Gasteiger partial charge in [-0.25, -0.2) is 0 Å². The average molecular weight is 699 g/mol. The second kappa shape index (κ2) is 13.2. The van der Waals surface area contributed by atoms with Crippen molar-refractivity contribution in [3.63, 3.8) is 0 Å². The fraction of sp³-hybridized carbons (Fsp3) is 0. The zero-order chi connectivity index (χ0) is 37.0. The van der Waals surface area contributed by atoms with Crippen molar-refractivity contribution in [1.82, 2.24) is 0 Å². The van der Waals surface area contributed by atoms with Crippen molar-refractivity contribution < 1.29 is 10.2 Å². The fourth-order valence-electron chi connectivity index (χ4n) is 8.84. The first-order chi connectivity index (χ1) is 27.0. The summed E-state index contributed by atoms with van der Waals surface area (Å²) in [5.41, 5.74) is 21.6. The smallest absolute Gasteiger partial charge is 0.239 e. The summed E-state index contributed by atoms with van der Waals surface area (Å²) in [5, 5.41) is 29.3. The maximum atomic E-state index is 9.94. The van der Waals surface area contributed by atoms with Crippen molar-refractivity contribution in [3.05, 3.63) is 175 Å². The zero-order valence-electron chi connectivity index (χ0n) is 30.0. The number of hydrogen-bond acceptors (Lipinski definition) is 3. The highest BCUT2D eigenvalue weighted by Crippen LogP contribution is 2.29. The molecule has 0 unspecified atom stereocenters. The molecule has 3 nitrogen and oxygen atoms in total. The molecule has 0 aromatic heterocycles. The lowest BCUT2D eigenvalue weighted by atomic mass is 9.27. The minimum Gasteiger partial charge on any atom is -0.508 e. The Morgan fingerprint density at radius 1 is 0.400 bits per heavy atom. The number of fused-ring (bicyclic) bond motifs is 5. The molecule has 0 fully saturated rings. The topological polar surface area (TPSA) is 64.2 Å². The number of phenolic OH excluding ortho intramolecular Hbond substituents is 2. The van der Waals surface area contributed by atoms with Gasteiger partial charge in [-0.3, -0.25) is 0 Å². The van der Waals surface area contributed by atoms with Crippen LogP contribution in [-0.4, -0.2) is 31.5 Å². The summed E-state index contributed by atoms with van der Waals surface area (Å²) in [7, 11) is 1.67. The van der Waals surface area contributed by atoms with E-state index in [1.54, 1.807) is 24.3 Å². The van der Waals surface area contributed by atoms with Gasteiger partial charge in [-0.2, -0.15) is 5.26 Å². The van der Waals surface area contributed by atoms with E-state index in [4.69, 9.17) is 0 Å². The number of phenols is 2. The third-order valence-corrected chi connectivity index (χ3v) is 11.6. The molecule has 8 aromatic carbocycles. The third-order valence-electron chi connectivity index (χ3n) is 11.6. The van der Waals surface area contributed by atoms with Gasteiger partial charge in [0.2, 0.25) is 6.71 Å². The van der Waals surface area contributed by atoms with Crippen molar-refractivity contribution in [1.29, 1.82) is 5.26 Å². The first-order valence-corrected chi connectivity index (χ1v) is 18.7. The molecule has 0 radical (unpaired) electrons. The van der Waals surface area contributed by atoms with Crippen molar-refractivity contribution in [2.24, 2.45) is 0 Å². The highest BCUT2D eigenvalue weighted by Gasteiger charge is 2.36. The summed E-state index contributed by atoms with van der Waals surface area (Å²) in [6, 6.07) is 61.1. The summed E-state index contributed by atoms with van der Waals surface area (Å²) >= 11 is 0. The minimum absolute atomic E-state index is 0.0369. The van der Waals surface area contributed by atoms with Gasteiger partial charge in [0.1, 0.15) is 11.5 Å². The Kier molecular flexibility index (Phi) is 7.82. The van der Waals surface area contributed by atoms with Crippen molar-refractivity contribution in [2.45, 2.75) is 0 Å². The van der Waals surface area contributed by atoms with Gasteiger partial charge in [-0.1, -0.05) is 160 Å². The van der Waals surface area contributed by atoms with Crippen LogP contribution in [-0.2, 0) is 0 Å². The monoisotopic (exact) mass is 699 g/mol. The SMILES string of the molecule is N#Cc1ccc(-c2ccc3c(c2)Bc2c(cccc2-c2cccc(-c4ccc(O)cc4)c2)B3c2cccc3c2Bc2ccc(-c4ccc(O)cc4)cc2-3)cc1. The normalized spacial score (nSPS) is 12.0. The van der Waals surface area contributed by atoms with Crippen molar-refractivity contribution in [2.75, 3.05) is 0 Å². The van der Waals surface area contributed by atoms with Crippen molar-refractivity contribution in [3.8, 4) is 73.2 Å². The van der Waals surface area contributed by atoms with Gasteiger partial charge in [0.25, 0.3) is 0 Å². The van der Waals surface area contributed by atoms with Crippen LogP contribution in [0.25, 0.3) is 55.6 Å². The van der Waals surface area contributed by atoms with Crippen molar-refractivity contribution >= 4 is 59.5 Å². The molecule has 8 aromatic rings. The molecular weight excluding hydrogens is 667 g/mol. The molecule has 0 amide bonds. The van der Waals surface area contributed by atoms with Crippen LogP contribution in [0.5, 0.6) is 11.5 Å². The van der Waals surface area contributed by atoms with Gasteiger partial charge in [0.15, 0.2) is 14.6 Å². The summed E-state index contributed by atoms with van der Waals surface area (Å²) in [5.74, 6) is 0.528. The van der Waals surface area contributed by atoms with Gasteiger partial charge in [-0.05, 0) is 104 Å². The van der Waals surface area contributed by atoms with Gasteiger partial charge in [0, 0.05) is 0 Å². The van der Waals surface area contributed by atoms with E-state index in [-0.39, 0.29) is 18.2 Å². The molecule has 0 bridgehead atoms. The minimum atomic E-state index is 0.0369. The quantitative estimate of drug-likeness (QED) is 0.243. The lowest BCUT2D eigenvalue weighted by Crippen LogP contribution is -2.70.